The Kier molecular flexibility index (Phi) is 4.59. The number of hydrogen-bond donors (Lipinski definition) is 1. The van der Waals surface area contributed by atoms with Crippen LogP contribution in [0.1, 0.15) is 18.2 Å². The van der Waals surface area contributed by atoms with Crippen molar-refractivity contribution in [3.63, 3.8) is 0 Å². The first-order chi connectivity index (χ1) is 10.5. The van der Waals surface area contributed by atoms with Gasteiger partial charge in [0.15, 0.2) is 5.82 Å². The van der Waals surface area contributed by atoms with Crippen molar-refractivity contribution in [3.05, 3.63) is 45.4 Å². The number of halogens is 1. The highest BCUT2D eigenvalue weighted by molar-refractivity contribution is 5.51. The molecule has 118 valence electrons. The monoisotopic (exact) mass is 308 g/mol. The summed E-state index contributed by atoms with van der Waals surface area (Å²) in [6, 6.07) is 3.50. The number of aryl methyl sites for hydroxylation is 2. The molecule has 2 rings (SSSR count). The molecule has 0 unspecified atom stereocenters. The lowest BCUT2D eigenvalue weighted by Crippen LogP contribution is -2.05. The second-order valence-corrected chi connectivity index (χ2v) is 4.69. The minimum Gasteiger partial charge on any atom is -0.481 e. The van der Waals surface area contributed by atoms with Gasteiger partial charge in [-0.25, -0.2) is 9.07 Å². The largest absolute Gasteiger partial charge is 0.481 e. The molecule has 1 aromatic carbocycles. The number of nitro benzene ring substituents is 1. The molecule has 1 heterocycles. The second kappa shape index (κ2) is 6.42. The van der Waals surface area contributed by atoms with Crippen LogP contribution in [0.4, 0.5) is 15.8 Å². The molecule has 0 fully saturated rings. The number of anilines is 1. The van der Waals surface area contributed by atoms with Gasteiger partial charge in [0.25, 0.3) is 5.69 Å². The molecule has 0 aliphatic carbocycles. The molecule has 1 aromatic heterocycles. The summed E-state index contributed by atoms with van der Waals surface area (Å²) in [4.78, 5) is 9.97. The molecule has 0 spiro atoms. The summed E-state index contributed by atoms with van der Waals surface area (Å²) in [5.74, 6) is -0.0678. The van der Waals surface area contributed by atoms with E-state index in [-0.39, 0.29) is 11.4 Å². The molecule has 0 radical (unpaired) electrons. The number of hydrogen-bond acceptors (Lipinski definition) is 5. The van der Waals surface area contributed by atoms with Gasteiger partial charge in [-0.2, -0.15) is 5.10 Å². The van der Waals surface area contributed by atoms with E-state index < -0.39 is 10.7 Å². The molecule has 0 saturated carbocycles. The Morgan fingerprint density at radius 1 is 1.50 bits per heavy atom. The highest BCUT2D eigenvalue weighted by Crippen LogP contribution is 2.25. The van der Waals surface area contributed by atoms with Crippen LogP contribution in [0.15, 0.2) is 18.2 Å². The van der Waals surface area contributed by atoms with Gasteiger partial charge in [0, 0.05) is 19.7 Å². The van der Waals surface area contributed by atoms with Gasteiger partial charge in [0.1, 0.15) is 0 Å². The molecule has 0 saturated heterocycles. The van der Waals surface area contributed by atoms with Crippen LogP contribution in [0.5, 0.6) is 5.88 Å². The average Bonchev–Trinajstić information content (AvgIpc) is 2.80. The number of ether oxygens (including phenoxy) is 1. The minimum atomic E-state index is -0.671. The Labute approximate surface area is 126 Å². The van der Waals surface area contributed by atoms with Crippen molar-refractivity contribution in [2.75, 3.05) is 12.4 Å². The Morgan fingerprint density at radius 2 is 2.23 bits per heavy atom. The Bertz CT molecular complexity index is 700. The first-order valence-electron chi connectivity index (χ1n) is 6.74. The van der Waals surface area contributed by atoms with Crippen molar-refractivity contribution in [1.29, 1.82) is 0 Å². The van der Waals surface area contributed by atoms with Gasteiger partial charge in [-0.15, -0.1) is 0 Å². The lowest BCUT2D eigenvalue weighted by molar-refractivity contribution is -0.385. The molecule has 0 atom stereocenters. The molecule has 0 aliphatic rings. The van der Waals surface area contributed by atoms with Crippen LogP contribution in [0.25, 0.3) is 0 Å². The van der Waals surface area contributed by atoms with Crippen LogP contribution in [0, 0.1) is 15.9 Å². The smallest absolute Gasteiger partial charge is 0.272 e. The summed E-state index contributed by atoms with van der Waals surface area (Å²) in [5, 5.41) is 17.9. The normalized spacial score (nSPS) is 10.5. The van der Waals surface area contributed by atoms with E-state index in [0.717, 1.165) is 23.7 Å². The molecule has 0 aliphatic heterocycles. The van der Waals surface area contributed by atoms with Crippen molar-refractivity contribution >= 4 is 11.4 Å². The zero-order valence-electron chi connectivity index (χ0n) is 12.6. The summed E-state index contributed by atoms with van der Waals surface area (Å²) in [5.41, 5.74) is 1.61. The summed E-state index contributed by atoms with van der Waals surface area (Å²) < 4.78 is 20.8. The fraction of sp³-hybridized carbons (Fsp3) is 0.357. The van der Waals surface area contributed by atoms with E-state index in [9.17, 15) is 14.5 Å². The third-order valence-corrected chi connectivity index (χ3v) is 3.32. The van der Waals surface area contributed by atoms with Gasteiger partial charge >= 0.3 is 0 Å². The predicted octanol–water partition coefficient (Wildman–Crippen LogP) is 2.65. The maximum absolute atomic E-state index is 13.9. The molecule has 7 nitrogen and oxygen atoms in total. The minimum absolute atomic E-state index is 0.193. The predicted molar refractivity (Wildman–Crippen MR) is 79.5 cm³/mol. The van der Waals surface area contributed by atoms with Gasteiger partial charge in [0.2, 0.25) is 5.88 Å². The third kappa shape index (κ3) is 3.00. The van der Waals surface area contributed by atoms with Crippen molar-refractivity contribution in [2.45, 2.75) is 19.9 Å². The van der Waals surface area contributed by atoms with Gasteiger partial charge in [-0.1, -0.05) is 6.92 Å². The topological polar surface area (TPSA) is 82.2 Å². The highest BCUT2D eigenvalue weighted by Gasteiger charge is 2.16. The highest BCUT2D eigenvalue weighted by atomic mass is 19.1. The zero-order valence-corrected chi connectivity index (χ0v) is 12.6. The fourth-order valence-corrected chi connectivity index (χ4v) is 2.27. The number of nitro groups is 1. The number of rotatable bonds is 6. The van der Waals surface area contributed by atoms with E-state index in [1.165, 1.54) is 12.1 Å². The van der Waals surface area contributed by atoms with Gasteiger partial charge in [-0.3, -0.25) is 10.1 Å². The Hall–Kier alpha value is -2.64. The van der Waals surface area contributed by atoms with Crippen molar-refractivity contribution in [2.24, 2.45) is 7.05 Å². The SMILES string of the molecule is CCc1nn(C)c(OC)c1CNc1ccc([N+](=O)[O-])cc1F. The average molecular weight is 308 g/mol. The van der Waals surface area contributed by atoms with Crippen molar-refractivity contribution < 1.29 is 14.1 Å². The Morgan fingerprint density at radius 3 is 2.77 bits per heavy atom. The summed E-state index contributed by atoms with van der Waals surface area (Å²) in [6.45, 7) is 2.28. The van der Waals surface area contributed by atoms with Crippen LogP contribution >= 0.6 is 0 Å². The fourth-order valence-electron chi connectivity index (χ4n) is 2.27. The number of methoxy groups -OCH3 is 1. The molecular weight excluding hydrogens is 291 g/mol. The lowest BCUT2D eigenvalue weighted by Gasteiger charge is -2.09. The maximum atomic E-state index is 13.9. The molecule has 22 heavy (non-hydrogen) atoms. The van der Waals surface area contributed by atoms with E-state index in [2.05, 4.69) is 10.4 Å². The van der Waals surface area contributed by atoms with Crippen LogP contribution in [0.3, 0.4) is 0 Å². The molecule has 0 bridgehead atoms. The van der Waals surface area contributed by atoms with E-state index in [1.807, 2.05) is 6.92 Å². The summed E-state index contributed by atoms with van der Waals surface area (Å²) >= 11 is 0. The molecule has 1 N–H and O–H groups in total. The van der Waals surface area contributed by atoms with Gasteiger partial charge < -0.3 is 10.1 Å². The van der Waals surface area contributed by atoms with E-state index in [0.29, 0.717) is 12.4 Å². The van der Waals surface area contributed by atoms with Crippen molar-refractivity contribution in [3.8, 4) is 5.88 Å². The molecule has 0 amide bonds. The molecule has 2 aromatic rings. The number of nitrogens with zero attached hydrogens (tertiary/aromatic N) is 3. The standard InChI is InChI=1S/C14H17FN4O3/c1-4-12-10(14(22-3)18(2)17-12)8-16-13-6-5-9(19(20)21)7-11(13)15/h5-7,16H,4,8H2,1-3H3. The lowest BCUT2D eigenvalue weighted by atomic mass is 10.2. The zero-order chi connectivity index (χ0) is 16.3. The van der Waals surface area contributed by atoms with Gasteiger partial charge in [-0.05, 0) is 12.5 Å². The van der Waals surface area contributed by atoms with E-state index in [4.69, 9.17) is 4.74 Å². The molecule has 8 heteroatoms. The molecular formula is C14H17FN4O3. The second-order valence-electron chi connectivity index (χ2n) is 4.69. The number of benzene rings is 1. The summed E-state index contributed by atoms with van der Waals surface area (Å²) in [6.07, 6.45) is 0.719. The number of aromatic nitrogens is 2. The first kappa shape index (κ1) is 15.7. The summed E-state index contributed by atoms with van der Waals surface area (Å²) in [7, 11) is 3.32. The van der Waals surface area contributed by atoms with Crippen LogP contribution in [-0.2, 0) is 20.0 Å². The van der Waals surface area contributed by atoms with E-state index >= 15 is 0 Å². The van der Waals surface area contributed by atoms with Crippen LogP contribution in [-0.4, -0.2) is 21.8 Å². The Balaban J connectivity index is 2.22. The number of non-ortho nitro benzene ring substituents is 1. The van der Waals surface area contributed by atoms with E-state index in [1.54, 1.807) is 18.8 Å². The number of nitrogens with one attached hydrogen (secondary N) is 1. The maximum Gasteiger partial charge on any atom is 0.272 e. The first-order valence-corrected chi connectivity index (χ1v) is 6.74. The quantitative estimate of drug-likeness (QED) is 0.655. The van der Waals surface area contributed by atoms with Crippen LogP contribution < -0.4 is 10.1 Å². The van der Waals surface area contributed by atoms with Crippen molar-refractivity contribution in [1.82, 2.24) is 9.78 Å². The van der Waals surface area contributed by atoms with Crippen LogP contribution in [0.2, 0.25) is 0 Å². The third-order valence-electron chi connectivity index (χ3n) is 3.32. The van der Waals surface area contributed by atoms with Gasteiger partial charge in [0.05, 0.1) is 35.0 Å².